The first-order valence-electron chi connectivity index (χ1n) is 11.1. The maximum absolute atomic E-state index is 14.2. The van der Waals surface area contributed by atoms with Crippen LogP contribution in [0.3, 0.4) is 0 Å². The van der Waals surface area contributed by atoms with Crippen molar-refractivity contribution in [3.63, 3.8) is 0 Å². The number of carbonyl (C=O) groups is 3. The first kappa shape index (κ1) is 22.3. The smallest absolute Gasteiger partial charge is 0.269 e. The van der Waals surface area contributed by atoms with Crippen molar-refractivity contribution in [2.24, 2.45) is 11.7 Å². The Bertz CT molecular complexity index is 1310. The average molecular weight is 484 g/mol. The van der Waals surface area contributed by atoms with E-state index >= 15 is 0 Å². The highest BCUT2D eigenvalue weighted by atomic mass is 35.5. The van der Waals surface area contributed by atoms with Crippen LogP contribution in [0.5, 0.6) is 0 Å². The molecular formula is C24H23ClFN5O3. The van der Waals surface area contributed by atoms with Gasteiger partial charge < -0.3 is 20.4 Å². The van der Waals surface area contributed by atoms with Gasteiger partial charge in [0.25, 0.3) is 5.91 Å². The summed E-state index contributed by atoms with van der Waals surface area (Å²) in [4.78, 5) is 44.3. The minimum Gasteiger partial charge on any atom is -0.364 e. The second-order valence-corrected chi connectivity index (χ2v) is 9.18. The number of rotatable bonds is 6. The largest absolute Gasteiger partial charge is 0.364 e. The summed E-state index contributed by atoms with van der Waals surface area (Å²) in [6, 6.07) is 9.22. The number of nitrogens with two attached hydrogens (primary N) is 1. The van der Waals surface area contributed by atoms with Crippen LogP contribution in [-0.2, 0) is 22.6 Å². The van der Waals surface area contributed by atoms with E-state index in [1.807, 2.05) is 0 Å². The monoisotopic (exact) mass is 483 g/mol. The van der Waals surface area contributed by atoms with Crippen molar-refractivity contribution in [1.82, 2.24) is 19.6 Å². The number of aromatic nitrogens is 2. The van der Waals surface area contributed by atoms with E-state index in [1.54, 1.807) is 45.8 Å². The van der Waals surface area contributed by atoms with Crippen molar-refractivity contribution in [3.05, 3.63) is 70.5 Å². The molecule has 3 atom stereocenters. The molecule has 8 nitrogen and oxygen atoms in total. The van der Waals surface area contributed by atoms with Crippen LogP contribution < -0.4 is 11.1 Å². The minimum absolute atomic E-state index is 0.00858. The molecule has 1 aliphatic carbocycles. The van der Waals surface area contributed by atoms with E-state index in [0.29, 0.717) is 11.3 Å². The molecule has 5 rings (SSSR count). The normalized spacial score (nSPS) is 21.2. The van der Waals surface area contributed by atoms with E-state index in [1.165, 1.54) is 6.07 Å². The Kier molecular flexibility index (Phi) is 5.73. The zero-order valence-corrected chi connectivity index (χ0v) is 19.0. The Labute approximate surface area is 199 Å². The summed E-state index contributed by atoms with van der Waals surface area (Å²) in [6.07, 6.45) is 4.09. The number of halogens is 2. The van der Waals surface area contributed by atoms with Gasteiger partial charge in [-0.15, -0.1) is 0 Å². The summed E-state index contributed by atoms with van der Waals surface area (Å²) < 4.78 is 15.9. The lowest BCUT2D eigenvalue weighted by Gasteiger charge is -2.34. The summed E-state index contributed by atoms with van der Waals surface area (Å²) in [5.41, 5.74) is 6.37. The van der Waals surface area contributed by atoms with Gasteiger partial charge in [0, 0.05) is 24.3 Å². The number of likely N-dealkylation sites (tertiary alicyclic amines) is 1. The third-order valence-corrected chi connectivity index (χ3v) is 7.08. The Morgan fingerprint density at radius 2 is 2.00 bits per heavy atom. The highest BCUT2D eigenvalue weighted by Gasteiger charge is 2.51. The quantitative estimate of drug-likeness (QED) is 0.561. The van der Waals surface area contributed by atoms with Crippen LogP contribution in [0.2, 0.25) is 5.02 Å². The highest BCUT2D eigenvalue weighted by Crippen LogP contribution is 2.42. The zero-order chi connectivity index (χ0) is 24.0. The number of primary amides is 1. The molecule has 2 aromatic heterocycles. The van der Waals surface area contributed by atoms with Gasteiger partial charge in [-0.1, -0.05) is 29.8 Å². The van der Waals surface area contributed by atoms with E-state index in [-0.39, 0.29) is 53.0 Å². The molecule has 10 heteroatoms. The van der Waals surface area contributed by atoms with E-state index < -0.39 is 17.8 Å². The van der Waals surface area contributed by atoms with Crippen LogP contribution >= 0.6 is 11.6 Å². The number of carbonyl (C=O) groups excluding carboxylic acids is 3. The number of hydrogen-bond donors (Lipinski definition) is 2. The van der Waals surface area contributed by atoms with E-state index in [4.69, 9.17) is 17.3 Å². The van der Waals surface area contributed by atoms with Gasteiger partial charge in [0.2, 0.25) is 11.8 Å². The molecule has 0 spiro atoms. The molecule has 1 aromatic carbocycles. The Hall–Kier alpha value is -3.46. The molecule has 1 saturated carbocycles. The number of pyridine rings is 1. The third kappa shape index (κ3) is 3.79. The first-order chi connectivity index (χ1) is 16.3. The maximum atomic E-state index is 14.2. The van der Waals surface area contributed by atoms with Gasteiger partial charge in [-0.3, -0.25) is 14.4 Å². The van der Waals surface area contributed by atoms with Crippen LogP contribution in [0.4, 0.5) is 4.39 Å². The number of fused-ring (bicyclic) bond motifs is 3. The second kappa shape index (κ2) is 8.72. The SMILES string of the molecule is NC(=O)c1nc(CC(=O)N2C3CCC(C3)C2C(=O)NCc2cccc(Cl)c2F)n2ccccc12. The number of amides is 3. The molecule has 1 aliphatic heterocycles. The number of piperidine rings is 1. The molecule has 2 aliphatic rings. The molecule has 0 radical (unpaired) electrons. The van der Waals surface area contributed by atoms with E-state index in [0.717, 1.165) is 19.3 Å². The van der Waals surface area contributed by atoms with Gasteiger partial charge in [-0.2, -0.15) is 0 Å². The second-order valence-electron chi connectivity index (χ2n) is 8.78. The molecule has 3 heterocycles. The summed E-state index contributed by atoms with van der Waals surface area (Å²) in [5, 5.41) is 2.77. The van der Waals surface area contributed by atoms with Crippen LogP contribution in [-0.4, -0.2) is 44.1 Å². The molecule has 3 aromatic rings. The molecule has 2 fully saturated rings. The van der Waals surface area contributed by atoms with Crippen molar-refractivity contribution >= 4 is 34.8 Å². The first-order valence-corrected chi connectivity index (χ1v) is 11.5. The molecule has 34 heavy (non-hydrogen) atoms. The number of benzene rings is 1. The van der Waals surface area contributed by atoms with Gasteiger partial charge in [0.15, 0.2) is 5.69 Å². The summed E-state index contributed by atoms with van der Waals surface area (Å²) in [7, 11) is 0. The summed E-state index contributed by atoms with van der Waals surface area (Å²) in [6.45, 7) is -0.0198. The predicted molar refractivity (Wildman–Crippen MR) is 122 cm³/mol. The topological polar surface area (TPSA) is 110 Å². The van der Waals surface area contributed by atoms with Crippen molar-refractivity contribution < 1.29 is 18.8 Å². The lowest BCUT2D eigenvalue weighted by atomic mass is 9.97. The molecule has 3 unspecified atom stereocenters. The van der Waals surface area contributed by atoms with Crippen LogP contribution in [0.1, 0.15) is 41.1 Å². The fourth-order valence-corrected chi connectivity index (χ4v) is 5.48. The fraction of sp³-hybridized carbons (Fsp3) is 0.333. The number of nitrogens with one attached hydrogen (secondary N) is 1. The van der Waals surface area contributed by atoms with Gasteiger partial charge in [-0.25, -0.2) is 9.37 Å². The Morgan fingerprint density at radius 3 is 2.79 bits per heavy atom. The predicted octanol–water partition coefficient (Wildman–Crippen LogP) is 2.46. The number of imidazole rings is 1. The summed E-state index contributed by atoms with van der Waals surface area (Å²) >= 11 is 5.83. The van der Waals surface area contributed by atoms with E-state index in [9.17, 15) is 18.8 Å². The Balaban J connectivity index is 1.36. The number of nitrogens with zero attached hydrogens (tertiary/aromatic N) is 3. The van der Waals surface area contributed by atoms with Gasteiger partial charge >= 0.3 is 0 Å². The number of hydrogen-bond acceptors (Lipinski definition) is 4. The molecule has 176 valence electrons. The summed E-state index contributed by atoms with van der Waals surface area (Å²) in [5.74, 6) is -1.36. The Morgan fingerprint density at radius 1 is 1.18 bits per heavy atom. The highest BCUT2D eigenvalue weighted by molar-refractivity contribution is 6.30. The van der Waals surface area contributed by atoms with Crippen molar-refractivity contribution in [2.45, 2.75) is 44.3 Å². The minimum atomic E-state index is -0.673. The van der Waals surface area contributed by atoms with Crippen molar-refractivity contribution in [2.75, 3.05) is 0 Å². The fourth-order valence-electron chi connectivity index (χ4n) is 5.29. The van der Waals surface area contributed by atoms with Gasteiger partial charge in [0.1, 0.15) is 17.7 Å². The van der Waals surface area contributed by atoms with Gasteiger partial charge in [0.05, 0.1) is 17.0 Å². The molecule has 3 N–H and O–H groups in total. The van der Waals surface area contributed by atoms with Crippen molar-refractivity contribution in [1.29, 1.82) is 0 Å². The van der Waals surface area contributed by atoms with Crippen LogP contribution in [0, 0.1) is 11.7 Å². The lowest BCUT2D eigenvalue weighted by molar-refractivity contribution is -0.142. The standard InChI is InChI=1S/C24H23ClFN5O3/c25-16-5-3-4-14(20(16)26)12-28-24(34)22-13-7-8-15(10-13)31(22)19(32)11-18-29-21(23(27)33)17-6-1-2-9-30(17)18/h1-6,9,13,15,22H,7-8,10-12H2,(H2,27,33)(H,28,34). The zero-order valence-electron chi connectivity index (χ0n) is 18.2. The molecule has 1 saturated heterocycles. The average Bonchev–Trinajstić information content (AvgIpc) is 3.53. The maximum Gasteiger partial charge on any atom is 0.269 e. The van der Waals surface area contributed by atoms with Gasteiger partial charge in [-0.05, 0) is 43.4 Å². The molecular weight excluding hydrogens is 461 g/mol. The lowest BCUT2D eigenvalue weighted by Crippen LogP contribution is -2.53. The van der Waals surface area contributed by atoms with Crippen LogP contribution in [0.15, 0.2) is 42.6 Å². The van der Waals surface area contributed by atoms with Crippen LogP contribution in [0.25, 0.3) is 5.52 Å². The van der Waals surface area contributed by atoms with E-state index in [2.05, 4.69) is 10.3 Å². The van der Waals surface area contributed by atoms with Crippen molar-refractivity contribution in [3.8, 4) is 0 Å². The molecule has 3 amide bonds. The molecule has 2 bridgehead atoms. The third-order valence-electron chi connectivity index (χ3n) is 6.79.